The molecule has 28 heavy (non-hydrogen) atoms. The van der Waals surface area contributed by atoms with Crippen LogP contribution in [-0.4, -0.2) is 27.5 Å². The van der Waals surface area contributed by atoms with Crippen molar-refractivity contribution in [2.75, 3.05) is 7.11 Å². The summed E-state index contributed by atoms with van der Waals surface area (Å²) in [5.41, 5.74) is 0.486. The summed E-state index contributed by atoms with van der Waals surface area (Å²) in [5, 5.41) is 0. The first-order valence-electron chi connectivity index (χ1n) is 8.08. The molecule has 8 nitrogen and oxygen atoms in total. The summed E-state index contributed by atoms with van der Waals surface area (Å²) < 4.78 is 44.9. The second kappa shape index (κ2) is 8.13. The first kappa shape index (κ1) is 19.4. The van der Waals surface area contributed by atoms with Crippen LogP contribution >= 0.6 is 0 Å². The van der Waals surface area contributed by atoms with Crippen LogP contribution < -0.4 is 0 Å². The fraction of sp³-hybridized carbons (Fsp3) is 0.158. The number of rotatable bonds is 7. The molecule has 0 aliphatic rings. The highest BCUT2D eigenvalue weighted by Gasteiger charge is 2.24. The summed E-state index contributed by atoms with van der Waals surface area (Å²) in [6, 6.07) is 10.7. The lowest BCUT2D eigenvalue weighted by molar-refractivity contribution is 0.0420. The fourth-order valence-corrected chi connectivity index (χ4v) is 3.85. The van der Waals surface area contributed by atoms with E-state index in [9.17, 15) is 18.0 Å². The summed E-state index contributed by atoms with van der Waals surface area (Å²) in [5.74, 6) is -2.29. The minimum absolute atomic E-state index is 0.0818. The van der Waals surface area contributed by atoms with Crippen molar-refractivity contribution in [3.05, 3.63) is 77.6 Å². The molecule has 1 aromatic carbocycles. The molecule has 0 fully saturated rings. The molecule has 9 heteroatoms. The summed E-state index contributed by atoms with van der Waals surface area (Å²) in [7, 11) is -2.47. The van der Waals surface area contributed by atoms with E-state index < -0.39 is 27.5 Å². The van der Waals surface area contributed by atoms with E-state index in [-0.39, 0.29) is 28.6 Å². The number of furan rings is 2. The summed E-state index contributed by atoms with van der Waals surface area (Å²) in [6.07, 6.45) is 2.48. The van der Waals surface area contributed by atoms with Crippen molar-refractivity contribution in [2.24, 2.45) is 0 Å². The molecule has 0 radical (unpaired) electrons. The van der Waals surface area contributed by atoms with Crippen molar-refractivity contribution in [3.63, 3.8) is 0 Å². The Kier molecular flexibility index (Phi) is 5.65. The number of sulfone groups is 1. The Balaban J connectivity index is 1.72. The lowest BCUT2D eigenvalue weighted by Gasteiger charge is -2.06. The van der Waals surface area contributed by atoms with Crippen LogP contribution in [0.4, 0.5) is 0 Å². The minimum atomic E-state index is -3.66. The van der Waals surface area contributed by atoms with E-state index in [2.05, 4.69) is 4.74 Å². The molecule has 0 aliphatic heterocycles. The average Bonchev–Trinajstić information content (AvgIpc) is 3.35. The maximum Gasteiger partial charge on any atom is 0.374 e. The third-order valence-corrected chi connectivity index (χ3v) is 5.54. The topological polar surface area (TPSA) is 113 Å². The molecule has 0 bridgehead atoms. The van der Waals surface area contributed by atoms with Gasteiger partial charge in [-0.3, -0.25) is 0 Å². The van der Waals surface area contributed by atoms with Crippen molar-refractivity contribution in [3.8, 4) is 0 Å². The highest BCUT2D eigenvalue weighted by atomic mass is 32.2. The van der Waals surface area contributed by atoms with E-state index in [4.69, 9.17) is 13.6 Å². The molecule has 3 aromatic rings. The van der Waals surface area contributed by atoms with Crippen LogP contribution in [0.3, 0.4) is 0 Å². The van der Waals surface area contributed by atoms with Crippen LogP contribution in [0.2, 0.25) is 0 Å². The van der Waals surface area contributed by atoms with Gasteiger partial charge in [0.05, 0.1) is 30.3 Å². The number of methoxy groups -OCH3 is 1. The zero-order chi connectivity index (χ0) is 20.1. The Bertz CT molecular complexity index is 1080. The molecule has 0 aliphatic carbocycles. The van der Waals surface area contributed by atoms with E-state index in [1.54, 1.807) is 18.2 Å². The highest BCUT2D eigenvalue weighted by molar-refractivity contribution is 7.90. The van der Waals surface area contributed by atoms with Gasteiger partial charge < -0.3 is 18.3 Å². The molecule has 0 atom stereocenters. The second-order valence-corrected chi connectivity index (χ2v) is 7.68. The van der Waals surface area contributed by atoms with E-state index >= 15 is 0 Å². The number of benzene rings is 1. The zero-order valence-corrected chi connectivity index (χ0v) is 15.6. The van der Waals surface area contributed by atoms with Crippen LogP contribution in [0.1, 0.15) is 32.2 Å². The van der Waals surface area contributed by atoms with Crippen LogP contribution in [0, 0.1) is 0 Å². The van der Waals surface area contributed by atoms with Crippen LogP contribution in [0.25, 0.3) is 0 Å². The largest absolute Gasteiger partial charge is 0.463 e. The Morgan fingerprint density at radius 1 is 0.893 bits per heavy atom. The van der Waals surface area contributed by atoms with Crippen molar-refractivity contribution in [1.82, 2.24) is 0 Å². The monoisotopic (exact) mass is 404 g/mol. The molecule has 0 unspecified atom stereocenters. The quantitative estimate of drug-likeness (QED) is 0.552. The summed E-state index contributed by atoms with van der Waals surface area (Å²) in [6.45, 7) is -0.272. The standard InChI is InChI=1S/C19H16O8S/c1-24-18(20)16-13(7-9-25-16)11-27-19(21)17-14(8-10-26-17)12-28(22,23)15-5-3-2-4-6-15/h2-10H,11-12H2,1H3. The lowest BCUT2D eigenvalue weighted by atomic mass is 10.2. The minimum Gasteiger partial charge on any atom is -0.463 e. The Labute approximate surface area is 160 Å². The Morgan fingerprint density at radius 2 is 1.50 bits per heavy atom. The Morgan fingerprint density at radius 3 is 2.14 bits per heavy atom. The van der Waals surface area contributed by atoms with Gasteiger partial charge in [-0.1, -0.05) is 18.2 Å². The first-order chi connectivity index (χ1) is 13.4. The van der Waals surface area contributed by atoms with E-state index in [0.717, 1.165) is 0 Å². The van der Waals surface area contributed by atoms with E-state index in [1.165, 1.54) is 43.9 Å². The maximum atomic E-state index is 12.5. The lowest BCUT2D eigenvalue weighted by Crippen LogP contribution is -2.11. The average molecular weight is 404 g/mol. The normalized spacial score (nSPS) is 11.2. The molecule has 3 rings (SSSR count). The smallest absolute Gasteiger partial charge is 0.374 e. The fourth-order valence-electron chi connectivity index (χ4n) is 2.47. The molecule has 0 saturated carbocycles. The van der Waals surface area contributed by atoms with Crippen LogP contribution in [0.15, 0.2) is 68.7 Å². The number of carbonyl (C=O) groups is 2. The number of ether oxygens (including phenoxy) is 2. The number of carbonyl (C=O) groups excluding carboxylic acids is 2. The number of esters is 2. The van der Waals surface area contributed by atoms with Gasteiger partial charge in [0.15, 0.2) is 9.84 Å². The molecule has 0 spiro atoms. The molecule has 0 saturated heterocycles. The van der Waals surface area contributed by atoms with Gasteiger partial charge in [0.25, 0.3) is 0 Å². The van der Waals surface area contributed by atoms with Crippen molar-refractivity contribution < 1.29 is 36.3 Å². The van der Waals surface area contributed by atoms with Gasteiger partial charge in [-0.15, -0.1) is 0 Å². The van der Waals surface area contributed by atoms with Gasteiger partial charge in [-0.25, -0.2) is 18.0 Å². The van der Waals surface area contributed by atoms with Gasteiger partial charge in [-0.05, 0) is 24.3 Å². The molecule has 2 aromatic heterocycles. The first-order valence-corrected chi connectivity index (χ1v) is 9.73. The third kappa shape index (κ3) is 4.15. The third-order valence-electron chi connectivity index (χ3n) is 3.86. The summed E-state index contributed by atoms with van der Waals surface area (Å²) >= 11 is 0. The van der Waals surface area contributed by atoms with Gasteiger partial charge in [0.1, 0.15) is 6.61 Å². The number of hydrogen-bond donors (Lipinski definition) is 0. The SMILES string of the molecule is COC(=O)c1occc1COC(=O)c1occc1CS(=O)(=O)c1ccccc1. The molecule has 2 heterocycles. The Hall–Kier alpha value is -3.33. The van der Waals surface area contributed by atoms with Gasteiger partial charge in [0.2, 0.25) is 11.5 Å². The molecule has 146 valence electrons. The predicted octanol–water partition coefficient (Wildman–Crippen LogP) is 2.99. The van der Waals surface area contributed by atoms with Gasteiger partial charge >= 0.3 is 11.9 Å². The van der Waals surface area contributed by atoms with Crippen molar-refractivity contribution in [1.29, 1.82) is 0 Å². The molecule has 0 N–H and O–H groups in total. The molecular weight excluding hydrogens is 388 g/mol. The molecular formula is C19H16O8S. The van der Waals surface area contributed by atoms with Gasteiger partial charge in [-0.2, -0.15) is 0 Å². The van der Waals surface area contributed by atoms with Crippen LogP contribution in [0.5, 0.6) is 0 Å². The van der Waals surface area contributed by atoms with E-state index in [0.29, 0.717) is 5.56 Å². The van der Waals surface area contributed by atoms with Gasteiger partial charge in [0, 0.05) is 11.1 Å². The number of hydrogen-bond acceptors (Lipinski definition) is 8. The van der Waals surface area contributed by atoms with Crippen molar-refractivity contribution >= 4 is 21.8 Å². The zero-order valence-electron chi connectivity index (χ0n) is 14.8. The predicted molar refractivity (Wildman–Crippen MR) is 95.2 cm³/mol. The highest BCUT2D eigenvalue weighted by Crippen LogP contribution is 2.21. The van der Waals surface area contributed by atoms with Crippen molar-refractivity contribution in [2.45, 2.75) is 17.3 Å². The maximum absolute atomic E-state index is 12.5. The second-order valence-electron chi connectivity index (χ2n) is 5.69. The van der Waals surface area contributed by atoms with Crippen LogP contribution in [-0.2, 0) is 31.7 Å². The van der Waals surface area contributed by atoms with E-state index in [1.807, 2.05) is 0 Å². The summed E-state index contributed by atoms with van der Waals surface area (Å²) in [4.78, 5) is 24.0. The molecule has 0 amide bonds.